The Morgan fingerprint density at radius 1 is 1.32 bits per heavy atom. The largest absolute Gasteiger partial charge is 0.505 e. The van der Waals surface area contributed by atoms with E-state index in [-0.39, 0.29) is 23.0 Å². The molecule has 0 atom stereocenters. The van der Waals surface area contributed by atoms with Gasteiger partial charge < -0.3 is 20.1 Å². The highest BCUT2D eigenvalue weighted by Crippen LogP contribution is 2.28. The average Bonchev–Trinajstić information content (AvgIpc) is 2.41. The van der Waals surface area contributed by atoms with E-state index in [2.05, 4.69) is 10.1 Å². The summed E-state index contributed by atoms with van der Waals surface area (Å²) in [7, 11) is 1.23. The number of methoxy groups -OCH3 is 1. The third-order valence-electron chi connectivity index (χ3n) is 2.73. The average molecular weight is 266 g/mol. The van der Waals surface area contributed by atoms with E-state index in [0.29, 0.717) is 13.1 Å². The minimum Gasteiger partial charge on any atom is -0.505 e. The van der Waals surface area contributed by atoms with E-state index < -0.39 is 5.97 Å². The lowest BCUT2D eigenvalue weighted by Gasteiger charge is -2.19. The Labute approximate surface area is 112 Å². The minimum absolute atomic E-state index is 0.0137. The predicted octanol–water partition coefficient (Wildman–Crippen LogP) is 2.05. The highest BCUT2D eigenvalue weighted by molar-refractivity contribution is 5.98. The van der Waals surface area contributed by atoms with Crippen LogP contribution in [0.25, 0.3) is 0 Å². The van der Waals surface area contributed by atoms with Crippen molar-refractivity contribution in [3.8, 4) is 5.75 Å². The minimum atomic E-state index is -0.656. The second-order valence-electron chi connectivity index (χ2n) is 3.80. The molecule has 0 heterocycles. The van der Waals surface area contributed by atoms with Crippen LogP contribution in [0, 0.1) is 0 Å². The molecule has 0 aliphatic carbocycles. The number of amides is 2. The van der Waals surface area contributed by atoms with Crippen LogP contribution in [0.2, 0.25) is 0 Å². The molecule has 2 amide bonds. The molecule has 0 aromatic heterocycles. The lowest BCUT2D eigenvalue weighted by molar-refractivity contribution is 0.0597. The van der Waals surface area contributed by atoms with Gasteiger partial charge in [0.15, 0.2) is 5.75 Å². The Hall–Kier alpha value is -2.24. The van der Waals surface area contributed by atoms with Crippen LogP contribution >= 0.6 is 0 Å². The molecule has 0 saturated heterocycles. The van der Waals surface area contributed by atoms with Crippen molar-refractivity contribution in [3.05, 3.63) is 23.8 Å². The molecule has 19 heavy (non-hydrogen) atoms. The van der Waals surface area contributed by atoms with Crippen molar-refractivity contribution in [2.24, 2.45) is 0 Å². The highest BCUT2D eigenvalue weighted by atomic mass is 16.5. The van der Waals surface area contributed by atoms with E-state index in [1.54, 1.807) is 11.0 Å². The first kappa shape index (κ1) is 14.8. The van der Waals surface area contributed by atoms with Crippen LogP contribution in [0.15, 0.2) is 18.2 Å². The van der Waals surface area contributed by atoms with E-state index in [1.807, 2.05) is 13.8 Å². The number of nitrogens with one attached hydrogen (secondary N) is 1. The number of ether oxygens (including phenoxy) is 1. The Morgan fingerprint density at radius 3 is 2.47 bits per heavy atom. The highest BCUT2D eigenvalue weighted by Gasteiger charge is 2.17. The molecule has 6 nitrogen and oxygen atoms in total. The van der Waals surface area contributed by atoms with Gasteiger partial charge in [0.2, 0.25) is 0 Å². The topological polar surface area (TPSA) is 78.9 Å². The Balaban J connectivity index is 2.96. The van der Waals surface area contributed by atoms with E-state index >= 15 is 0 Å². The molecule has 1 aromatic carbocycles. The van der Waals surface area contributed by atoms with Crippen LogP contribution in [0.3, 0.4) is 0 Å². The van der Waals surface area contributed by atoms with Gasteiger partial charge in [0, 0.05) is 13.1 Å². The number of urea groups is 1. The molecule has 1 aromatic rings. The number of carbonyl (C=O) groups excluding carboxylic acids is 2. The predicted molar refractivity (Wildman–Crippen MR) is 71.4 cm³/mol. The zero-order valence-electron chi connectivity index (χ0n) is 11.3. The third-order valence-corrected chi connectivity index (χ3v) is 2.73. The quantitative estimate of drug-likeness (QED) is 0.645. The van der Waals surface area contributed by atoms with Gasteiger partial charge in [-0.3, -0.25) is 0 Å². The van der Waals surface area contributed by atoms with Crippen LogP contribution < -0.4 is 5.32 Å². The maximum atomic E-state index is 11.9. The molecule has 0 saturated carbocycles. The monoisotopic (exact) mass is 266 g/mol. The maximum absolute atomic E-state index is 11.9. The molecule has 0 bridgehead atoms. The first-order chi connectivity index (χ1) is 9.04. The molecule has 2 N–H and O–H groups in total. The second kappa shape index (κ2) is 6.63. The van der Waals surface area contributed by atoms with Gasteiger partial charge in [-0.15, -0.1) is 0 Å². The Kier molecular flexibility index (Phi) is 5.17. The Bertz CT molecular complexity index is 470. The molecule has 0 fully saturated rings. The van der Waals surface area contributed by atoms with Gasteiger partial charge in [-0.2, -0.15) is 0 Å². The van der Waals surface area contributed by atoms with Crippen molar-refractivity contribution in [1.82, 2.24) is 4.90 Å². The summed E-state index contributed by atoms with van der Waals surface area (Å²) in [5, 5.41) is 12.5. The number of carbonyl (C=O) groups is 2. The number of para-hydroxylation sites is 1. The summed E-state index contributed by atoms with van der Waals surface area (Å²) in [6.07, 6.45) is 0. The molecule has 6 heteroatoms. The summed E-state index contributed by atoms with van der Waals surface area (Å²) in [5.41, 5.74) is 0.194. The van der Waals surface area contributed by atoms with E-state index in [9.17, 15) is 14.7 Å². The van der Waals surface area contributed by atoms with Gasteiger partial charge in [-0.1, -0.05) is 6.07 Å². The molecule has 0 aliphatic heterocycles. The summed E-state index contributed by atoms with van der Waals surface area (Å²) < 4.78 is 4.54. The second-order valence-corrected chi connectivity index (χ2v) is 3.80. The van der Waals surface area contributed by atoms with Gasteiger partial charge in [0.05, 0.1) is 12.8 Å². The number of phenols is 1. The normalized spacial score (nSPS) is 9.84. The number of anilines is 1. The summed E-state index contributed by atoms with van der Waals surface area (Å²) in [6.45, 7) is 4.82. The summed E-state index contributed by atoms with van der Waals surface area (Å²) >= 11 is 0. The fraction of sp³-hybridized carbons (Fsp3) is 0.385. The van der Waals surface area contributed by atoms with Crippen molar-refractivity contribution < 1.29 is 19.4 Å². The Morgan fingerprint density at radius 2 is 1.95 bits per heavy atom. The number of aromatic hydroxyl groups is 1. The molecule has 0 radical (unpaired) electrons. The fourth-order valence-electron chi connectivity index (χ4n) is 1.62. The van der Waals surface area contributed by atoms with Crippen LogP contribution in [-0.4, -0.2) is 42.2 Å². The zero-order valence-corrected chi connectivity index (χ0v) is 11.3. The lowest BCUT2D eigenvalue weighted by Crippen LogP contribution is -2.34. The van der Waals surface area contributed by atoms with E-state index in [0.717, 1.165) is 0 Å². The van der Waals surface area contributed by atoms with Crippen LogP contribution in [-0.2, 0) is 4.74 Å². The van der Waals surface area contributed by atoms with Gasteiger partial charge in [-0.05, 0) is 26.0 Å². The van der Waals surface area contributed by atoms with Crippen LogP contribution in [0.5, 0.6) is 5.75 Å². The van der Waals surface area contributed by atoms with Gasteiger partial charge in [-0.25, -0.2) is 9.59 Å². The molecular weight excluding hydrogens is 248 g/mol. The summed E-state index contributed by atoms with van der Waals surface area (Å²) in [5.74, 6) is -0.953. The van der Waals surface area contributed by atoms with Crippen molar-refractivity contribution >= 4 is 17.7 Å². The van der Waals surface area contributed by atoms with Crippen LogP contribution in [0.4, 0.5) is 10.5 Å². The molecule has 0 aliphatic rings. The van der Waals surface area contributed by atoms with Crippen molar-refractivity contribution in [3.63, 3.8) is 0 Å². The molecule has 0 spiro atoms. The van der Waals surface area contributed by atoms with Crippen molar-refractivity contribution in [2.75, 3.05) is 25.5 Å². The molecular formula is C13H18N2O4. The lowest BCUT2D eigenvalue weighted by atomic mass is 10.1. The number of benzene rings is 1. The van der Waals surface area contributed by atoms with Crippen molar-refractivity contribution in [2.45, 2.75) is 13.8 Å². The molecule has 0 unspecified atom stereocenters. The summed E-state index contributed by atoms with van der Waals surface area (Å²) in [4.78, 5) is 24.8. The van der Waals surface area contributed by atoms with Gasteiger partial charge in [0.25, 0.3) is 0 Å². The standard InChI is InChI=1S/C13H18N2O4/c1-4-15(5-2)13(18)14-10-8-6-7-9(11(10)16)12(17)19-3/h6-8,16H,4-5H2,1-3H3,(H,14,18). The van der Waals surface area contributed by atoms with Crippen molar-refractivity contribution in [1.29, 1.82) is 0 Å². The van der Waals surface area contributed by atoms with Crippen LogP contribution in [0.1, 0.15) is 24.2 Å². The number of hydrogen-bond donors (Lipinski definition) is 2. The number of nitrogens with zero attached hydrogens (tertiary/aromatic N) is 1. The SMILES string of the molecule is CCN(CC)C(=O)Nc1cccc(C(=O)OC)c1O. The first-order valence-electron chi connectivity index (χ1n) is 6.01. The molecule has 104 valence electrons. The first-order valence-corrected chi connectivity index (χ1v) is 6.01. The summed E-state index contributed by atoms with van der Waals surface area (Å²) in [6, 6.07) is 4.17. The zero-order chi connectivity index (χ0) is 14.4. The smallest absolute Gasteiger partial charge is 0.341 e. The van der Waals surface area contributed by atoms with Gasteiger partial charge in [0.1, 0.15) is 5.56 Å². The van der Waals surface area contributed by atoms with E-state index in [1.165, 1.54) is 19.2 Å². The number of phenolic OH excluding ortho intramolecular Hbond substituents is 1. The maximum Gasteiger partial charge on any atom is 0.341 e. The van der Waals surface area contributed by atoms with E-state index in [4.69, 9.17) is 0 Å². The molecule has 1 rings (SSSR count). The van der Waals surface area contributed by atoms with Gasteiger partial charge >= 0.3 is 12.0 Å². The fourth-order valence-corrected chi connectivity index (χ4v) is 1.62. The third kappa shape index (κ3) is 3.37. The number of hydrogen-bond acceptors (Lipinski definition) is 4. The number of rotatable bonds is 4. The number of esters is 1.